The molecule has 1 rings (SSSR count). The number of carbonyl (C=O) groups is 1. The molecule has 0 spiro atoms. The number of hydrogen-bond acceptors (Lipinski definition) is 4. The van der Waals surface area contributed by atoms with Crippen LogP contribution in [0.2, 0.25) is 0 Å². The number of benzene rings is 1. The molecule has 0 bridgehead atoms. The number of ether oxygens (including phenoxy) is 1. The van der Waals surface area contributed by atoms with Gasteiger partial charge < -0.3 is 9.84 Å². The highest BCUT2D eigenvalue weighted by molar-refractivity contribution is 5.71. The molecule has 94 valence electrons. The van der Waals surface area contributed by atoms with Crippen LogP contribution >= 0.6 is 0 Å². The van der Waals surface area contributed by atoms with Crippen LogP contribution in [0.4, 0.5) is 0 Å². The lowest BCUT2D eigenvalue weighted by Gasteiger charge is -2.20. The summed E-state index contributed by atoms with van der Waals surface area (Å²) < 4.78 is 4.66. The summed E-state index contributed by atoms with van der Waals surface area (Å²) in [6.45, 7) is 3.89. The van der Waals surface area contributed by atoms with Crippen LogP contribution in [0, 0.1) is 0 Å². The molecule has 17 heavy (non-hydrogen) atoms. The Morgan fingerprint density at radius 1 is 1.35 bits per heavy atom. The van der Waals surface area contributed by atoms with E-state index >= 15 is 0 Å². The number of rotatable bonds is 6. The van der Waals surface area contributed by atoms with Crippen LogP contribution in [-0.2, 0) is 16.1 Å². The first kappa shape index (κ1) is 13.5. The quantitative estimate of drug-likeness (QED) is 0.766. The molecule has 0 saturated heterocycles. The molecule has 1 N–H and O–H groups in total. The van der Waals surface area contributed by atoms with Gasteiger partial charge in [0.05, 0.1) is 13.7 Å². The van der Waals surface area contributed by atoms with E-state index in [1.54, 1.807) is 12.1 Å². The third-order valence-electron chi connectivity index (χ3n) is 2.46. The first-order valence-corrected chi connectivity index (χ1v) is 5.72. The first-order valence-electron chi connectivity index (χ1n) is 5.72. The highest BCUT2D eigenvalue weighted by Gasteiger charge is 2.10. The summed E-state index contributed by atoms with van der Waals surface area (Å²) in [6, 6.07) is 7.01. The monoisotopic (exact) mass is 237 g/mol. The van der Waals surface area contributed by atoms with Crippen molar-refractivity contribution in [2.45, 2.75) is 19.9 Å². The van der Waals surface area contributed by atoms with E-state index in [1.807, 2.05) is 17.0 Å². The van der Waals surface area contributed by atoms with E-state index in [2.05, 4.69) is 11.7 Å². The number of nitrogens with zero attached hydrogens (tertiary/aromatic N) is 1. The first-order chi connectivity index (χ1) is 8.15. The molecule has 0 fully saturated rings. The standard InChI is InChI=1S/C13H19NO3/c1-3-8-14(10-13(16)17-2)9-11-4-6-12(15)7-5-11/h4-7,15H,3,8-10H2,1-2H3. The minimum atomic E-state index is -0.225. The van der Waals surface area contributed by atoms with E-state index in [-0.39, 0.29) is 11.7 Å². The van der Waals surface area contributed by atoms with Crippen molar-refractivity contribution in [1.29, 1.82) is 0 Å². The van der Waals surface area contributed by atoms with Crippen LogP contribution in [0.25, 0.3) is 0 Å². The van der Waals surface area contributed by atoms with E-state index < -0.39 is 0 Å². The Hall–Kier alpha value is -1.55. The van der Waals surface area contributed by atoms with E-state index in [9.17, 15) is 9.90 Å². The largest absolute Gasteiger partial charge is 0.508 e. The number of aromatic hydroxyl groups is 1. The normalized spacial score (nSPS) is 10.5. The number of phenols is 1. The number of carbonyl (C=O) groups excluding carboxylic acids is 1. The van der Waals surface area contributed by atoms with Crippen molar-refractivity contribution < 1.29 is 14.6 Å². The molecular weight excluding hydrogens is 218 g/mol. The van der Waals surface area contributed by atoms with Crippen LogP contribution in [0.1, 0.15) is 18.9 Å². The van der Waals surface area contributed by atoms with Gasteiger partial charge in [-0.15, -0.1) is 0 Å². The fourth-order valence-electron chi connectivity index (χ4n) is 1.64. The number of methoxy groups -OCH3 is 1. The molecule has 0 aliphatic heterocycles. The zero-order chi connectivity index (χ0) is 12.7. The van der Waals surface area contributed by atoms with Gasteiger partial charge in [0, 0.05) is 6.54 Å². The van der Waals surface area contributed by atoms with E-state index in [0.29, 0.717) is 13.1 Å². The maximum Gasteiger partial charge on any atom is 0.319 e. The van der Waals surface area contributed by atoms with Gasteiger partial charge in [0.15, 0.2) is 0 Å². The topological polar surface area (TPSA) is 49.8 Å². The second-order valence-electron chi connectivity index (χ2n) is 3.95. The molecule has 1 aromatic carbocycles. The maximum absolute atomic E-state index is 11.2. The summed E-state index contributed by atoms with van der Waals surface area (Å²) in [6.07, 6.45) is 0.981. The molecule has 0 aromatic heterocycles. The smallest absolute Gasteiger partial charge is 0.319 e. The van der Waals surface area contributed by atoms with Gasteiger partial charge in [-0.1, -0.05) is 19.1 Å². The molecule has 0 amide bonds. The lowest BCUT2D eigenvalue weighted by molar-refractivity contribution is -0.142. The minimum Gasteiger partial charge on any atom is -0.508 e. The molecule has 4 heteroatoms. The van der Waals surface area contributed by atoms with Gasteiger partial charge in [-0.25, -0.2) is 0 Å². The average Bonchev–Trinajstić information content (AvgIpc) is 2.32. The molecule has 0 saturated carbocycles. The van der Waals surface area contributed by atoms with Gasteiger partial charge in [0.25, 0.3) is 0 Å². The van der Waals surface area contributed by atoms with Crippen molar-refractivity contribution >= 4 is 5.97 Å². The van der Waals surface area contributed by atoms with Crippen molar-refractivity contribution in [2.75, 3.05) is 20.2 Å². The Morgan fingerprint density at radius 3 is 2.53 bits per heavy atom. The zero-order valence-corrected chi connectivity index (χ0v) is 10.3. The van der Waals surface area contributed by atoms with Gasteiger partial charge >= 0.3 is 5.97 Å². The van der Waals surface area contributed by atoms with Crippen molar-refractivity contribution in [3.63, 3.8) is 0 Å². The van der Waals surface area contributed by atoms with Gasteiger partial charge in [0.1, 0.15) is 5.75 Å². The maximum atomic E-state index is 11.2. The number of hydrogen-bond donors (Lipinski definition) is 1. The molecule has 0 radical (unpaired) electrons. The summed E-state index contributed by atoms with van der Waals surface area (Å²) in [5.74, 6) is 0.0287. The summed E-state index contributed by atoms with van der Waals surface area (Å²) >= 11 is 0. The number of esters is 1. The van der Waals surface area contributed by atoms with Crippen molar-refractivity contribution in [1.82, 2.24) is 4.90 Å². The second kappa shape index (κ2) is 6.91. The van der Waals surface area contributed by atoms with Gasteiger partial charge in [-0.05, 0) is 30.7 Å². The fraction of sp³-hybridized carbons (Fsp3) is 0.462. The fourth-order valence-corrected chi connectivity index (χ4v) is 1.64. The van der Waals surface area contributed by atoms with E-state index in [1.165, 1.54) is 7.11 Å². The Kier molecular flexibility index (Phi) is 5.49. The van der Waals surface area contributed by atoms with E-state index in [0.717, 1.165) is 18.5 Å². The van der Waals surface area contributed by atoms with Gasteiger partial charge in [-0.2, -0.15) is 0 Å². The Balaban J connectivity index is 2.59. The van der Waals surface area contributed by atoms with Crippen molar-refractivity contribution in [3.8, 4) is 5.75 Å². The second-order valence-corrected chi connectivity index (χ2v) is 3.95. The summed E-state index contributed by atoms with van der Waals surface area (Å²) in [5.41, 5.74) is 1.07. The highest BCUT2D eigenvalue weighted by atomic mass is 16.5. The number of phenolic OH excluding ortho intramolecular Hbond substituents is 1. The van der Waals surface area contributed by atoms with Crippen LogP contribution < -0.4 is 0 Å². The predicted molar refractivity (Wildman–Crippen MR) is 65.7 cm³/mol. The molecule has 0 heterocycles. The molecule has 0 aliphatic carbocycles. The van der Waals surface area contributed by atoms with Crippen molar-refractivity contribution in [3.05, 3.63) is 29.8 Å². The third-order valence-corrected chi connectivity index (χ3v) is 2.46. The summed E-state index contributed by atoms with van der Waals surface area (Å²) in [5, 5.41) is 9.19. The van der Waals surface area contributed by atoms with Crippen LogP contribution in [0.3, 0.4) is 0 Å². The SMILES string of the molecule is CCCN(CC(=O)OC)Cc1ccc(O)cc1. The molecule has 1 aromatic rings. The van der Waals surface area contributed by atoms with Crippen LogP contribution in [0.5, 0.6) is 5.75 Å². The highest BCUT2D eigenvalue weighted by Crippen LogP contribution is 2.11. The van der Waals surface area contributed by atoms with Crippen LogP contribution in [0.15, 0.2) is 24.3 Å². The molecule has 0 unspecified atom stereocenters. The Bertz CT molecular complexity index is 348. The van der Waals surface area contributed by atoms with Crippen LogP contribution in [-0.4, -0.2) is 36.2 Å². The molecule has 4 nitrogen and oxygen atoms in total. The zero-order valence-electron chi connectivity index (χ0n) is 10.3. The predicted octanol–water partition coefficient (Wildman–Crippen LogP) is 1.78. The lowest BCUT2D eigenvalue weighted by Crippen LogP contribution is -2.30. The van der Waals surface area contributed by atoms with Crippen molar-refractivity contribution in [2.24, 2.45) is 0 Å². The third kappa shape index (κ3) is 4.87. The molecule has 0 atom stereocenters. The van der Waals surface area contributed by atoms with E-state index in [4.69, 9.17) is 0 Å². The molecule has 0 aliphatic rings. The average molecular weight is 237 g/mol. The summed E-state index contributed by atoms with van der Waals surface area (Å²) in [7, 11) is 1.40. The van der Waals surface area contributed by atoms with Gasteiger partial charge in [-0.3, -0.25) is 9.69 Å². The lowest BCUT2D eigenvalue weighted by atomic mass is 10.2. The molecular formula is C13H19NO3. The summed E-state index contributed by atoms with van der Waals surface area (Å²) in [4.78, 5) is 13.3. The Morgan fingerprint density at radius 2 is 2.00 bits per heavy atom. The minimum absolute atomic E-state index is 0.225. The van der Waals surface area contributed by atoms with Gasteiger partial charge in [0.2, 0.25) is 0 Å². The Labute approximate surface area is 102 Å².